The number of benzene rings is 2. The van der Waals surface area contributed by atoms with Crippen LogP contribution in [0.15, 0.2) is 75.1 Å². The Morgan fingerprint density at radius 2 is 1.81 bits per heavy atom. The van der Waals surface area contributed by atoms with Crippen LogP contribution in [0, 0.1) is 5.82 Å². The fraction of sp³-hybridized carbons (Fsp3) is 0.333. The molecule has 4 rings (SSSR count). The minimum atomic E-state index is -4.83. The highest BCUT2D eigenvalue weighted by molar-refractivity contribution is 7.99. The normalized spacial score (nSPS) is 19.3. The molecule has 1 aliphatic rings. The number of piperazine rings is 1. The van der Waals surface area contributed by atoms with Crippen LogP contribution in [0.4, 0.5) is 23.2 Å². The van der Waals surface area contributed by atoms with E-state index < -0.39 is 21.8 Å². The van der Waals surface area contributed by atoms with E-state index in [1.54, 1.807) is 29.6 Å². The lowest BCUT2D eigenvalue weighted by molar-refractivity contribution is -0.258. The third-order valence-corrected chi connectivity index (χ3v) is 10.5. The molecule has 0 aliphatic carbocycles. The van der Waals surface area contributed by atoms with Gasteiger partial charge in [-0.3, -0.25) is 0 Å². The largest absolute Gasteiger partial charge is 0.421 e. The number of hydrogen-bond acceptors (Lipinski definition) is 6. The second-order valence-corrected chi connectivity index (χ2v) is 12.7. The monoisotopic (exact) mass is 560 g/mol. The van der Waals surface area contributed by atoms with Gasteiger partial charge in [-0.15, -0.1) is 23.1 Å². The quantitative estimate of drug-likeness (QED) is 0.313. The first-order chi connectivity index (χ1) is 16.9. The van der Waals surface area contributed by atoms with Gasteiger partial charge in [0.1, 0.15) is 10.0 Å². The molecule has 0 saturated carbocycles. The van der Waals surface area contributed by atoms with Crippen molar-refractivity contribution >= 4 is 38.8 Å². The van der Waals surface area contributed by atoms with Crippen LogP contribution < -0.4 is 4.90 Å². The molecule has 0 radical (unpaired) electrons. The van der Waals surface area contributed by atoms with Gasteiger partial charge in [-0.05, 0) is 54.3 Å². The molecule has 5 nitrogen and oxygen atoms in total. The van der Waals surface area contributed by atoms with Crippen molar-refractivity contribution in [2.24, 2.45) is 0 Å². The average Bonchev–Trinajstić information content (AvgIpc) is 3.38. The minimum absolute atomic E-state index is 0.157. The third kappa shape index (κ3) is 5.57. The zero-order valence-corrected chi connectivity index (χ0v) is 21.6. The van der Waals surface area contributed by atoms with Crippen LogP contribution in [0.3, 0.4) is 0 Å². The van der Waals surface area contributed by atoms with Gasteiger partial charge in [0.2, 0.25) is 0 Å². The van der Waals surface area contributed by atoms with Gasteiger partial charge in [0.15, 0.2) is 5.60 Å². The van der Waals surface area contributed by atoms with Crippen molar-refractivity contribution in [1.29, 1.82) is 0 Å². The second kappa shape index (κ2) is 10.3. The van der Waals surface area contributed by atoms with Gasteiger partial charge in [-0.1, -0.05) is 24.3 Å². The number of thiophene rings is 1. The van der Waals surface area contributed by atoms with Crippen molar-refractivity contribution in [3.05, 3.63) is 77.4 Å². The molecule has 1 aliphatic heterocycles. The van der Waals surface area contributed by atoms with Crippen LogP contribution in [0.25, 0.3) is 0 Å². The molecule has 2 atom stereocenters. The van der Waals surface area contributed by atoms with E-state index in [2.05, 4.69) is 0 Å². The number of hydrogen-bond donors (Lipinski definition) is 1. The van der Waals surface area contributed by atoms with Crippen LogP contribution in [-0.2, 0) is 15.6 Å². The predicted octanol–water partition coefficient (Wildman–Crippen LogP) is 5.33. The van der Waals surface area contributed by atoms with E-state index in [0.717, 1.165) is 11.3 Å². The molecule has 1 N–H and O–H groups in total. The summed E-state index contributed by atoms with van der Waals surface area (Å²) in [6.45, 7) is 1.37. The first-order valence-electron chi connectivity index (χ1n) is 11.0. The topological polar surface area (TPSA) is 60.9 Å². The van der Waals surface area contributed by atoms with Gasteiger partial charge >= 0.3 is 6.18 Å². The first-order valence-corrected chi connectivity index (χ1v) is 14.3. The fourth-order valence-corrected chi connectivity index (χ4v) is 7.61. The van der Waals surface area contributed by atoms with Crippen molar-refractivity contribution in [3.8, 4) is 0 Å². The maximum Gasteiger partial charge on any atom is 0.421 e. The van der Waals surface area contributed by atoms with Gasteiger partial charge in [0.25, 0.3) is 10.0 Å². The summed E-state index contributed by atoms with van der Waals surface area (Å²) in [6, 6.07) is 14.4. The van der Waals surface area contributed by atoms with Gasteiger partial charge in [0, 0.05) is 36.0 Å². The molecule has 0 bridgehead atoms. The van der Waals surface area contributed by atoms with Crippen molar-refractivity contribution in [3.63, 3.8) is 0 Å². The van der Waals surface area contributed by atoms with Crippen molar-refractivity contribution in [2.75, 3.05) is 30.3 Å². The molecule has 12 heteroatoms. The molecule has 194 valence electrons. The van der Waals surface area contributed by atoms with Crippen molar-refractivity contribution in [2.45, 2.75) is 33.8 Å². The van der Waals surface area contributed by atoms with Gasteiger partial charge in [-0.2, -0.15) is 17.5 Å². The molecule has 2 heterocycles. The predicted molar refractivity (Wildman–Crippen MR) is 133 cm³/mol. The van der Waals surface area contributed by atoms with Crippen LogP contribution in [0.2, 0.25) is 0 Å². The summed E-state index contributed by atoms with van der Waals surface area (Å²) in [5, 5.41) is 11.7. The second-order valence-electron chi connectivity index (χ2n) is 8.53. The SMILES string of the molecule is CC(O)(c1ccc(N2CCN(S(=O)(=O)c3cccs3)CC2CSc2cccc(F)c2)cc1)C(F)(F)F. The number of alkyl halides is 3. The highest BCUT2D eigenvalue weighted by Gasteiger charge is 2.51. The molecular weight excluding hydrogens is 536 g/mol. The Balaban J connectivity index is 1.59. The van der Waals surface area contributed by atoms with Crippen LogP contribution >= 0.6 is 23.1 Å². The van der Waals surface area contributed by atoms with Gasteiger partial charge < -0.3 is 10.0 Å². The zero-order valence-electron chi connectivity index (χ0n) is 19.2. The van der Waals surface area contributed by atoms with Crippen LogP contribution in [0.5, 0.6) is 0 Å². The lowest BCUT2D eigenvalue weighted by atomic mass is 9.95. The molecule has 0 amide bonds. The average molecular weight is 561 g/mol. The third-order valence-electron chi connectivity index (χ3n) is 6.09. The Morgan fingerprint density at radius 1 is 1.08 bits per heavy atom. The molecular formula is C24H24F4N2O3S3. The number of halogens is 4. The molecule has 3 aromatic rings. The molecule has 0 spiro atoms. The number of nitrogens with zero attached hydrogens (tertiary/aromatic N) is 2. The van der Waals surface area contributed by atoms with E-state index >= 15 is 0 Å². The molecule has 2 unspecified atom stereocenters. The Morgan fingerprint density at radius 3 is 2.42 bits per heavy atom. The molecule has 36 heavy (non-hydrogen) atoms. The van der Waals surface area contributed by atoms with E-state index in [0.29, 0.717) is 29.8 Å². The summed E-state index contributed by atoms with van der Waals surface area (Å²) in [5.41, 5.74) is -2.68. The van der Waals surface area contributed by atoms with Crippen molar-refractivity contribution in [1.82, 2.24) is 4.31 Å². The number of rotatable bonds is 7. The van der Waals surface area contributed by atoms with Gasteiger partial charge in [0.05, 0.1) is 6.04 Å². The van der Waals surface area contributed by atoms with Crippen LogP contribution in [-0.4, -0.2) is 55.4 Å². The summed E-state index contributed by atoms with van der Waals surface area (Å²) < 4.78 is 81.3. The number of sulfonamides is 1. The standard InChI is InChI=1S/C24H24F4N2O3S3/c1-23(31,24(26,27)28)17-7-9-19(10-8-17)30-12-11-29(36(32,33)22-6-3-13-34-22)15-20(30)16-35-21-5-2-4-18(25)14-21/h2-10,13-14,20,31H,11-12,15-16H2,1H3. The van der Waals surface area contributed by atoms with E-state index in [-0.39, 0.29) is 34.7 Å². The van der Waals surface area contributed by atoms with Gasteiger partial charge in [-0.25, -0.2) is 12.8 Å². The molecule has 1 saturated heterocycles. The number of thioether (sulfide) groups is 1. The number of aliphatic hydroxyl groups is 1. The van der Waals surface area contributed by atoms with Crippen LogP contribution in [0.1, 0.15) is 12.5 Å². The molecule has 2 aromatic carbocycles. The lowest BCUT2D eigenvalue weighted by Crippen LogP contribution is -2.55. The Labute approximate surface area is 215 Å². The highest BCUT2D eigenvalue weighted by Crippen LogP contribution is 2.39. The number of anilines is 1. The zero-order chi connectivity index (χ0) is 26.1. The Bertz CT molecular complexity index is 1280. The minimum Gasteiger partial charge on any atom is -0.376 e. The molecule has 1 fully saturated rings. The Kier molecular flexibility index (Phi) is 7.73. The maximum absolute atomic E-state index is 13.7. The van der Waals surface area contributed by atoms with Crippen molar-refractivity contribution < 1.29 is 31.1 Å². The van der Waals surface area contributed by atoms with E-state index in [9.17, 15) is 31.1 Å². The van der Waals surface area contributed by atoms with E-state index in [4.69, 9.17) is 0 Å². The summed E-state index contributed by atoms with van der Waals surface area (Å²) >= 11 is 2.51. The summed E-state index contributed by atoms with van der Waals surface area (Å²) in [4.78, 5) is 2.63. The Hall–Kier alpha value is -2.12. The van der Waals surface area contributed by atoms with E-state index in [1.165, 1.54) is 52.5 Å². The fourth-order valence-electron chi connectivity index (χ4n) is 3.96. The summed E-state index contributed by atoms with van der Waals surface area (Å²) in [5.74, 6) is 0.0387. The van der Waals surface area contributed by atoms with E-state index in [1.807, 2.05) is 4.90 Å². The lowest BCUT2D eigenvalue weighted by Gasteiger charge is -2.42. The first kappa shape index (κ1) is 26.9. The smallest absolute Gasteiger partial charge is 0.376 e. The highest BCUT2D eigenvalue weighted by atomic mass is 32.2. The summed E-state index contributed by atoms with van der Waals surface area (Å²) in [6.07, 6.45) is -4.83. The molecule has 1 aromatic heterocycles. The maximum atomic E-state index is 13.7. The summed E-state index contributed by atoms with van der Waals surface area (Å²) in [7, 11) is -3.69.